The van der Waals surface area contributed by atoms with Crippen molar-refractivity contribution in [2.75, 3.05) is 38.6 Å². The topological polar surface area (TPSA) is 43.8 Å². The molecule has 1 aromatic heterocycles. The van der Waals surface area contributed by atoms with E-state index >= 15 is 0 Å². The number of rotatable bonds is 6. The van der Waals surface area contributed by atoms with Gasteiger partial charge in [-0.1, -0.05) is 30.3 Å². The first-order chi connectivity index (χ1) is 12.2. The van der Waals surface area contributed by atoms with Crippen LogP contribution in [0.1, 0.15) is 24.1 Å². The van der Waals surface area contributed by atoms with Crippen molar-refractivity contribution in [1.29, 1.82) is 0 Å². The first kappa shape index (κ1) is 17.7. The summed E-state index contributed by atoms with van der Waals surface area (Å²) in [5.74, 6) is 0.916. The van der Waals surface area contributed by atoms with E-state index in [2.05, 4.69) is 27.7 Å². The summed E-state index contributed by atoms with van der Waals surface area (Å²) >= 11 is 1.77. The third-order valence-corrected chi connectivity index (χ3v) is 5.21. The lowest BCUT2D eigenvalue weighted by molar-refractivity contribution is 0.578. The summed E-state index contributed by atoms with van der Waals surface area (Å²) in [5.41, 5.74) is 2.39. The third kappa shape index (κ3) is 5.19. The zero-order valence-electron chi connectivity index (χ0n) is 15.1. The lowest BCUT2D eigenvalue weighted by Crippen LogP contribution is -2.37. The van der Waals surface area contributed by atoms with E-state index in [1.54, 1.807) is 11.3 Å². The van der Waals surface area contributed by atoms with Crippen LogP contribution in [0, 0.1) is 0 Å². The fraction of sp³-hybridized carbons (Fsp3) is 0.474. The van der Waals surface area contributed by atoms with Gasteiger partial charge in [0.15, 0.2) is 11.1 Å². The fourth-order valence-electron chi connectivity index (χ4n) is 2.87. The molecule has 0 unspecified atom stereocenters. The highest BCUT2D eigenvalue weighted by Gasteiger charge is 2.15. The smallest absolute Gasteiger partial charge is 0.193 e. The predicted molar refractivity (Wildman–Crippen MR) is 107 cm³/mol. The SMILES string of the molecule is CN(C)C(=NCc1ccccc1)NCCc1csc(N2CCCC2)n1. The fourth-order valence-corrected chi connectivity index (χ4v) is 3.79. The summed E-state index contributed by atoms with van der Waals surface area (Å²) < 4.78 is 0. The highest BCUT2D eigenvalue weighted by molar-refractivity contribution is 7.13. The van der Waals surface area contributed by atoms with Gasteiger partial charge < -0.3 is 15.1 Å². The van der Waals surface area contributed by atoms with Gasteiger partial charge in [0.2, 0.25) is 0 Å². The van der Waals surface area contributed by atoms with Gasteiger partial charge in [-0.15, -0.1) is 11.3 Å². The normalized spacial score (nSPS) is 14.8. The van der Waals surface area contributed by atoms with Crippen molar-refractivity contribution >= 4 is 22.4 Å². The molecular weight excluding hydrogens is 330 g/mol. The molecule has 5 nitrogen and oxygen atoms in total. The number of anilines is 1. The van der Waals surface area contributed by atoms with Crippen LogP contribution in [0.15, 0.2) is 40.7 Å². The maximum Gasteiger partial charge on any atom is 0.193 e. The van der Waals surface area contributed by atoms with Crippen LogP contribution in [0.3, 0.4) is 0 Å². The average molecular weight is 358 g/mol. The van der Waals surface area contributed by atoms with Gasteiger partial charge in [0.1, 0.15) is 0 Å². The predicted octanol–water partition coefficient (Wildman–Crippen LogP) is 2.99. The van der Waals surface area contributed by atoms with Gasteiger partial charge in [0.05, 0.1) is 12.2 Å². The Morgan fingerprint density at radius 1 is 1.24 bits per heavy atom. The lowest BCUT2D eigenvalue weighted by Gasteiger charge is -2.17. The minimum Gasteiger partial charge on any atom is -0.356 e. The quantitative estimate of drug-likeness (QED) is 0.638. The number of thiazole rings is 1. The monoisotopic (exact) mass is 357 g/mol. The van der Waals surface area contributed by atoms with Crippen molar-refractivity contribution in [3.05, 3.63) is 47.0 Å². The second-order valence-electron chi connectivity index (χ2n) is 6.51. The molecule has 3 rings (SSSR count). The molecule has 134 valence electrons. The highest BCUT2D eigenvalue weighted by Crippen LogP contribution is 2.24. The van der Waals surface area contributed by atoms with Gasteiger partial charge in [-0.25, -0.2) is 9.98 Å². The van der Waals surface area contributed by atoms with Gasteiger partial charge in [-0.3, -0.25) is 0 Å². The van der Waals surface area contributed by atoms with E-state index in [1.165, 1.54) is 29.2 Å². The Balaban J connectivity index is 1.50. The van der Waals surface area contributed by atoms with Gasteiger partial charge in [-0.05, 0) is 18.4 Å². The molecule has 1 aliphatic rings. The Kier molecular flexibility index (Phi) is 6.28. The molecule has 25 heavy (non-hydrogen) atoms. The number of aromatic nitrogens is 1. The highest BCUT2D eigenvalue weighted by atomic mass is 32.1. The number of aliphatic imine (C=N–C) groups is 1. The molecular formula is C19H27N5S. The Morgan fingerprint density at radius 2 is 2.00 bits per heavy atom. The Hall–Kier alpha value is -2.08. The van der Waals surface area contributed by atoms with Gasteiger partial charge >= 0.3 is 0 Å². The van der Waals surface area contributed by atoms with Crippen LogP contribution in [-0.2, 0) is 13.0 Å². The molecule has 6 heteroatoms. The number of nitrogens with one attached hydrogen (secondary N) is 1. The molecule has 0 bridgehead atoms. The van der Waals surface area contributed by atoms with E-state index in [4.69, 9.17) is 9.98 Å². The van der Waals surface area contributed by atoms with Gasteiger partial charge in [-0.2, -0.15) is 0 Å². The summed E-state index contributed by atoms with van der Waals surface area (Å²) in [4.78, 5) is 13.9. The molecule has 0 radical (unpaired) electrons. The summed E-state index contributed by atoms with van der Waals surface area (Å²) in [6, 6.07) is 10.3. The second-order valence-corrected chi connectivity index (χ2v) is 7.35. The van der Waals surface area contributed by atoms with E-state index in [1.807, 2.05) is 37.2 Å². The van der Waals surface area contributed by atoms with Crippen LogP contribution in [0.5, 0.6) is 0 Å². The van der Waals surface area contributed by atoms with Crippen LogP contribution < -0.4 is 10.2 Å². The van der Waals surface area contributed by atoms with Crippen molar-refractivity contribution < 1.29 is 0 Å². The molecule has 1 aromatic carbocycles. The maximum atomic E-state index is 4.78. The summed E-state index contributed by atoms with van der Waals surface area (Å²) in [6.07, 6.45) is 3.50. The van der Waals surface area contributed by atoms with Crippen LogP contribution >= 0.6 is 11.3 Å². The molecule has 1 N–H and O–H groups in total. The van der Waals surface area contributed by atoms with Crippen molar-refractivity contribution in [3.8, 4) is 0 Å². The van der Waals surface area contributed by atoms with E-state index < -0.39 is 0 Å². The lowest BCUT2D eigenvalue weighted by atomic mass is 10.2. The number of hydrogen-bond donors (Lipinski definition) is 1. The molecule has 0 atom stereocenters. The molecule has 0 saturated carbocycles. The van der Waals surface area contributed by atoms with Crippen LogP contribution in [0.25, 0.3) is 0 Å². The number of benzene rings is 1. The molecule has 2 aromatic rings. The third-order valence-electron chi connectivity index (χ3n) is 4.26. The van der Waals surface area contributed by atoms with E-state index in [0.29, 0.717) is 6.54 Å². The largest absolute Gasteiger partial charge is 0.356 e. The number of guanidine groups is 1. The first-order valence-corrected chi connectivity index (χ1v) is 9.79. The minimum atomic E-state index is 0.692. The number of nitrogens with zero attached hydrogens (tertiary/aromatic N) is 4. The van der Waals surface area contributed by atoms with Gasteiger partial charge in [0.25, 0.3) is 0 Å². The molecule has 0 amide bonds. The van der Waals surface area contributed by atoms with Crippen molar-refractivity contribution in [2.24, 2.45) is 4.99 Å². The van der Waals surface area contributed by atoms with Crippen molar-refractivity contribution in [3.63, 3.8) is 0 Å². The Labute approximate surface area is 154 Å². The molecule has 0 spiro atoms. The standard InChI is InChI=1S/C19H27N5S/c1-23(2)18(21-14-16-8-4-3-5-9-16)20-11-10-17-15-25-19(22-17)24-12-6-7-13-24/h3-5,8-9,15H,6-7,10-14H2,1-2H3,(H,20,21). The van der Waals surface area contributed by atoms with E-state index in [-0.39, 0.29) is 0 Å². The molecule has 0 aliphatic carbocycles. The van der Waals surface area contributed by atoms with Crippen molar-refractivity contribution in [2.45, 2.75) is 25.8 Å². The summed E-state index contributed by atoms with van der Waals surface area (Å²) in [5, 5.41) is 6.81. The second kappa shape index (κ2) is 8.85. The van der Waals surface area contributed by atoms with E-state index in [0.717, 1.165) is 32.0 Å². The minimum absolute atomic E-state index is 0.692. The molecule has 1 saturated heterocycles. The summed E-state index contributed by atoms with van der Waals surface area (Å²) in [7, 11) is 4.04. The van der Waals surface area contributed by atoms with Gasteiger partial charge in [0, 0.05) is 45.5 Å². The van der Waals surface area contributed by atoms with Crippen molar-refractivity contribution in [1.82, 2.24) is 15.2 Å². The molecule has 1 fully saturated rings. The van der Waals surface area contributed by atoms with Crippen LogP contribution in [-0.4, -0.2) is 49.6 Å². The first-order valence-electron chi connectivity index (χ1n) is 8.91. The maximum absolute atomic E-state index is 4.78. The zero-order valence-corrected chi connectivity index (χ0v) is 15.9. The Morgan fingerprint density at radius 3 is 2.72 bits per heavy atom. The van der Waals surface area contributed by atoms with Crippen LogP contribution in [0.4, 0.5) is 5.13 Å². The van der Waals surface area contributed by atoms with Crippen LogP contribution in [0.2, 0.25) is 0 Å². The van der Waals surface area contributed by atoms with E-state index in [9.17, 15) is 0 Å². The number of hydrogen-bond acceptors (Lipinski definition) is 4. The molecule has 1 aliphatic heterocycles. The Bertz CT molecular complexity index is 674. The molecule has 2 heterocycles. The zero-order chi connectivity index (χ0) is 17.5. The average Bonchev–Trinajstić information content (AvgIpc) is 3.29. The summed E-state index contributed by atoms with van der Waals surface area (Å²) in [6.45, 7) is 3.84.